The molecular formula is C17H22N3OS+. The van der Waals surface area contributed by atoms with E-state index >= 15 is 0 Å². The Morgan fingerprint density at radius 3 is 2.73 bits per heavy atom. The van der Waals surface area contributed by atoms with E-state index in [2.05, 4.69) is 15.7 Å². The zero-order valence-electron chi connectivity index (χ0n) is 12.9. The molecule has 2 heterocycles. The van der Waals surface area contributed by atoms with Gasteiger partial charge < -0.3 is 10.2 Å². The third-order valence-electron chi connectivity index (χ3n) is 3.99. The Kier molecular flexibility index (Phi) is 4.85. The van der Waals surface area contributed by atoms with Gasteiger partial charge in [0.2, 0.25) is 5.91 Å². The molecule has 1 amide bonds. The fraction of sp³-hybridized carbons (Fsp3) is 0.412. The Morgan fingerprint density at radius 2 is 2.00 bits per heavy atom. The number of amides is 1. The van der Waals surface area contributed by atoms with Crippen molar-refractivity contribution in [1.82, 2.24) is 4.98 Å². The number of hydrogen-bond acceptors (Lipinski definition) is 3. The van der Waals surface area contributed by atoms with Gasteiger partial charge in [0.15, 0.2) is 0 Å². The first-order valence-corrected chi connectivity index (χ1v) is 8.70. The summed E-state index contributed by atoms with van der Waals surface area (Å²) in [6, 6.07) is 7.85. The van der Waals surface area contributed by atoms with E-state index in [1.54, 1.807) is 16.2 Å². The third-order valence-corrected chi connectivity index (χ3v) is 4.89. The van der Waals surface area contributed by atoms with Crippen LogP contribution in [0.5, 0.6) is 0 Å². The lowest BCUT2D eigenvalue weighted by molar-refractivity contribution is -0.901. The Bertz CT molecular complexity index is 630. The van der Waals surface area contributed by atoms with Gasteiger partial charge in [0.25, 0.3) is 0 Å². The van der Waals surface area contributed by atoms with Gasteiger partial charge in [-0.1, -0.05) is 17.7 Å². The van der Waals surface area contributed by atoms with Gasteiger partial charge in [0, 0.05) is 23.9 Å². The fourth-order valence-corrected chi connectivity index (χ4v) is 3.59. The molecule has 2 N–H and O–H groups in total. The van der Waals surface area contributed by atoms with Crippen molar-refractivity contribution in [2.75, 3.05) is 18.4 Å². The molecule has 3 rings (SSSR count). The Balaban J connectivity index is 1.52. The van der Waals surface area contributed by atoms with Crippen molar-refractivity contribution in [2.24, 2.45) is 0 Å². The molecule has 1 fully saturated rings. The summed E-state index contributed by atoms with van der Waals surface area (Å²) in [5, 5.41) is 5.92. The van der Waals surface area contributed by atoms with Crippen molar-refractivity contribution in [2.45, 2.75) is 32.7 Å². The zero-order valence-corrected chi connectivity index (χ0v) is 13.7. The number of rotatable bonds is 5. The Morgan fingerprint density at radius 1 is 1.27 bits per heavy atom. The van der Waals surface area contributed by atoms with Crippen LogP contribution < -0.4 is 10.2 Å². The van der Waals surface area contributed by atoms with Crippen LogP contribution in [0.1, 0.15) is 29.1 Å². The molecule has 0 bridgehead atoms. The van der Waals surface area contributed by atoms with Crippen molar-refractivity contribution in [3.8, 4) is 0 Å². The number of carbonyl (C=O) groups is 1. The van der Waals surface area contributed by atoms with Gasteiger partial charge in [0.05, 0.1) is 19.5 Å². The van der Waals surface area contributed by atoms with Gasteiger partial charge in [-0.3, -0.25) is 4.79 Å². The molecule has 0 aliphatic carbocycles. The van der Waals surface area contributed by atoms with E-state index in [1.807, 2.05) is 31.2 Å². The Hall–Kier alpha value is -1.72. The summed E-state index contributed by atoms with van der Waals surface area (Å²) in [4.78, 5) is 18.3. The largest absolute Gasteiger partial charge is 0.330 e. The summed E-state index contributed by atoms with van der Waals surface area (Å²) < 4.78 is 0. The minimum absolute atomic E-state index is 0.00160. The van der Waals surface area contributed by atoms with Crippen LogP contribution in [0.25, 0.3) is 0 Å². The number of nitrogens with one attached hydrogen (secondary N) is 2. The number of aryl methyl sites for hydroxylation is 1. The highest BCUT2D eigenvalue weighted by Gasteiger charge is 2.17. The molecule has 116 valence electrons. The van der Waals surface area contributed by atoms with Crippen molar-refractivity contribution >= 4 is 22.9 Å². The van der Waals surface area contributed by atoms with Crippen LogP contribution in [-0.4, -0.2) is 24.0 Å². The summed E-state index contributed by atoms with van der Waals surface area (Å²) in [5.74, 6) is -0.00160. The molecule has 1 aromatic carbocycles. The molecule has 0 atom stereocenters. The van der Waals surface area contributed by atoms with Crippen LogP contribution in [0.2, 0.25) is 0 Å². The van der Waals surface area contributed by atoms with E-state index in [9.17, 15) is 4.79 Å². The molecule has 5 heteroatoms. The minimum atomic E-state index is -0.00160. The fourth-order valence-electron chi connectivity index (χ4n) is 2.80. The number of carbonyl (C=O) groups excluding carboxylic acids is 1. The second kappa shape index (κ2) is 7.03. The van der Waals surface area contributed by atoms with Crippen LogP contribution in [0.3, 0.4) is 0 Å². The maximum Gasteiger partial charge on any atom is 0.231 e. The van der Waals surface area contributed by atoms with Crippen LogP contribution in [0.15, 0.2) is 29.6 Å². The average Bonchev–Trinajstić information content (AvgIpc) is 3.14. The van der Waals surface area contributed by atoms with Crippen molar-refractivity contribution in [3.05, 3.63) is 45.9 Å². The second-order valence-electron chi connectivity index (χ2n) is 5.96. The number of nitrogens with zero attached hydrogens (tertiary/aromatic N) is 1. The molecule has 1 saturated heterocycles. The van der Waals surface area contributed by atoms with Gasteiger partial charge in [-0.15, -0.1) is 11.3 Å². The van der Waals surface area contributed by atoms with Crippen LogP contribution in [-0.2, 0) is 17.8 Å². The SMILES string of the molecule is Cc1ccc(NC(=O)Cc2nc(C[NH+]3CCCC3)cs2)cc1. The van der Waals surface area contributed by atoms with Crippen molar-refractivity contribution < 1.29 is 9.69 Å². The number of aromatic nitrogens is 1. The van der Waals surface area contributed by atoms with E-state index in [0.717, 1.165) is 22.9 Å². The summed E-state index contributed by atoms with van der Waals surface area (Å²) in [6.45, 7) is 5.53. The van der Waals surface area contributed by atoms with Crippen molar-refractivity contribution in [1.29, 1.82) is 0 Å². The average molecular weight is 316 g/mol. The van der Waals surface area contributed by atoms with Gasteiger partial charge in [-0.05, 0) is 19.1 Å². The number of quaternary nitrogens is 1. The number of likely N-dealkylation sites (tertiary alicyclic amines) is 1. The van der Waals surface area contributed by atoms with Crippen molar-refractivity contribution in [3.63, 3.8) is 0 Å². The highest BCUT2D eigenvalue weighted by molar-refractivity contribution is 7.09. The molecule has 0 radical (unpaired) electrons. The lowest BCUT2D eigenvalue weighted by Gasteiger charge is -2.09. The first-order chi connectivity index (χ1) is 10.7. The summed E-state index contributed by atoms with van der Waals surface area (Å²) in [7, 11) is 0. The molecule has 2 aromatic rings. The maximum atomic E-state index is 12.1. The molecule has 4 nitrogen and oxygen atoms in total. The first-order valence-electron chi connectivity index (χ1n) is 7.82. The topological polar surface area (TPSA) is 46.4 Å². The lowest BCUT2D eigenvalue weighted by Crippen LogP contribution is -3.08. The molecule has 0 saturated carbocycles. The monoisotopic (exact) mass is 316 g/mol. The van der Waals surface area contributed by atoms with E-state index in [4.69, 9.17) is 0 Å². The normalized spacial score (nSPS) is 15.1. The summed E-state index contributed by atoms with van der Waals surface area (Å²) in [6.07, 6.45) is 3.00. The first kappa shape index (κ1) is 15.2. The maximum absolute atomic E-state index is 12.1. The predicted octanol–water partition coefficient (Wildman–Crippen LogP) is 1.81. The van der Waals surface area contributed by atoms with E-state index in [-0.39, 0.29) is 5.91 Å². The molecular weight excluding hydrogens is 294 g/mol. The number of hydrogen-bond donors (Lipinski definition) is 2. The van der Waals surface area contributed by atoms with Gasteiger partial charge in [0.1, 0.15) is 17.2 Å². The van der Waals surface area contributed by atoms with E-state index in [0.29, 0.717) is 6.42 Å². The predicted molar refractivity (Wildman–Crippen MR) is 89.3 cm³/mol. The van der Waals surface area contributed by atoms with Gasteiger partial charge in [-0.2, -0.15) is 0 Å². The zero-order chi connectivity index (χ0) is 15.4. The highest BCUT2D eigenvalue weighted by Crippen LogP contribution is 2.13. The molecule has 0 spiro atoms. The molecule has 1 aromatic heterocycles. The standard InChI is InChI=1S/C17H21N3OS/c1-13-4-6-14(7-5-13)18-16(21)10-17-19-15(12-22-17)11-20-8-2-3-9-20/h4-7,12H,2-3,8-11H2,1H3,(H,18,21)/p+1. The Labute approximate surface area is 135 Å². The second-order valence-corrected chi connectivity index (χ2v) is 6.90. The highest BCUT2D eigenvalue weighted by atomic mass is 32.1. The molecule has 22 heavy (non-hydrogen) atoms. The van der Waals surface area contributed by atoms with Crippen LogP contribution in [0.4, 0.5) is 5.69 Å². The van der Waals surface area contributed by atoms with Crippen LogP contribution >= 0.6 is 11.3 Å². The quantitative estimate of drug-likeness (QED) is 0.884. The summed E-state index contributed by atoms with van der Waals surface area (Å²) in [5.41, 5.74) is 3.15. The molecule has 1 aliphatic rings. The number of thiazole rings is 1. The van der Waals surface area contributed by atoms with Crippen LogP contribution in [0, 0.1) is 6.92 Å². The molecule has 0 unspecified atom stereocenters. The van der Waals surface area contributed by atoms with E-state index in [1.165, 1.54) is 31.5 Å². The molecule has 1 aliphatic heterocycles. The minimum Gasteiger partial charge on any atom is -0.330 e. The number of benzene rings is 1. The third kappa shape index (κ3) is 4.15. The smallest absolute Gasteiger partial charge is 0.231 e. The lowest BCUT2D eigenvalue weighted by atomic mass is 10.2. The van der Waals surface area contributed by atoms with E-state index < -0.39 is 0 Å². The number of anilines is 1. The van der Waals surface area contributed by atoms with Gasteiger partial charge >= 0.3 is 0 Å². The summed E-state index contributed by atoms with van der Waals surface area (Å²) >= 11 is 1.59. The van der Waals surface area contributed by atoms with Gasteiger partial charge in [-0.25, -0.2) is 4.98 Å².